The van der Waals surface area contributed by atoms with Gasteiger partial charge in [0.25, 0.3) is 5.56 Å². The first-order valence-electron chi connectivity index (χ1n) is 6.18. The third-order valence-corrected chi connectivity index (χ3v) is 3.28. The van der Waals surface area contributed by atoms with Crippen LogP contribution >= 0.6 is 11.6 Å². The highest BCUT2D eigenvalue weighted by Crippen LogP contribution is 2.11. The molecule has 2 rings (SSSR count). The number of carbonyl (C=O) groups excluding carboxylic acids is 1. The average Bonchev–Trinajstić information content (AvgIpc) is 2.38. The van der Waals surface area contributed by atoms with Crippen LogP contribution in [-0.4, -0.2) is 41.5 Å². The van der Waals surface area contributed by atoms with Crippen molar-refractivity contribution in [2.45, 2.75) is 19.8 Å². The number of nitrogens with zero attached hydrogens (tertiary/aromatic N) is 2. The monoisotopic (exact) mass is 285 g/mol. The van der Waals surface area contributed by atoms with Crippen molar-refractivity contribution in [2.24, 2.45) is 0 Å². The molecule has 0 aliphatic carbocycles. The van der Waals surface area contributed by atoms with Gasteiger partial charge in [0.1, 0.15) is 0 Å². The van der Waals surface area contributed by atoms with Gasteiger partial charge in [-0.25, -0.2) is 4.98 Å². The molecule has 0 saturated carbocycles. The number of morpholine rings is 1. The number of hydrogen-bond acceptors (Lipinski definition) is 5. The van der Waals surface area contributed by atoms with E-state index >= 15 is 0 Å². The zero-order valence-electron chi connectivity index (χ0n) is 10.7. The Labute approximate surface area is 115 Å². The van der Waals surface area contributed by atoms with E-state index in [1.807, 2.05) is 4.90 Å². The van der Waals surface area contributed by atoms with Gasteiger partial charge in [0.15, 0.2) is 0 Å². The number of ether oxygens (including phenoxy) is 1. The topological polar surface area (TPSA) is 75.3 Å². The van der Waals surface area contributed by atoms with Gasteiger partial charge in [-0.05, 0) is 24.9 Å². The molecule has 1 aliphatic rings. The van der Waals surface area contributed by atoms with Crippen molar-refractivity contribution in [1.29, 1.82) is 0 Å². The minimum absolute atomic E-state index is 0.143. The van der Waals surface area contributed by atoms with E-state index in [1.54, 1.807) is 6.92 Å². The van der Waals surface area contributed by atoms with Crippen molar-refractivity contribution >= 4 is 22.8 Å². The Hall–Kier alpha value is -1.40. The normalized spacial score (nSPS) is 15.6. The summed E-state index contributed by atoms with van der Waals surface area (Å²) in [6, 6.07) is 0. The quantitative estimate of drug-likeness (QED) is 0.821. The number of aromatic amines is 1. The zero-order valence-corrected chi connectivity index (χ0v) is 11.5. The van der Waals surface area contributed by atoms with Crippen molar-refractivity contribution in [3.05, 3.63) is 21.6 Å². The smallest absolute Gasteiger partial charge is 0.255 e. The van der Waals surface area contributed by atoms with Crippen molar-refractivity contribution in [1.82, 2.24) is 9.97 Å². The molecule has 0 bridgehead atoms. The van der Waals surface area contributed by atoms with Crippen LogP contribution in [0.3, 0.4) is 0 Å². The van der Waals surface area contributed by atoms with Crippen molar-refractivity contribution < 1.29 is 9.53 Å². The zero-order chi connectivity index (χ0) is 13.8. The lowest BCUT2D eigenvalue weighted by molar-refractivity contribution is -0.111. The van der Waals surface area contributed by atoms with E-state index in [1.165, 1.54) is 0 Å². The Kier molecular flexibility index (Phi) is 4.55. The Bertz CT molecular complexity index is 523. The molecule has 19 heavy (non-hydrogen) atoms. The van der Waals surface area contributed by atoms with Crippen molar-refractivity contribution in [3.8, 4) is 0 Å². The molecule has 104 valence electrons. The predicted molar refractivity (Wildman–Crippen MR) is 71.8 cm³/mol. The minimum Gasteiger partial charge on any atom is -0.378 e. The second kappa shape index (κ2) is 6.16. The van der Waals surface area contributed by atoms with Crippen molar-refractivity contribution in [3.63, 3.8) is 0 Å². The van der Waals surface area contributed by atoms with Gasteiger partial charge in [-0.3, -0.25) is 14.6 Å². The van der Waals surface area contributed by atoms with E-state index in [-0.39, 0.29) is 12.0 Å². The average molecular weight is 286 g/mol. The molecule has 1 aromatic rings. The summed E-state index contributed by atoms with van der Waals surface area (Å²) in [6.45, 7) is 4.45. The fourth-order valence-electron chi connectivity index (χ4n) is 2.04. The molecule has 0 radical (unpaired) electrons. The summed E-state index contributed by atoms with van der Waals surface area (Å²) in [5.74, 6) is 0.562. The van der Waals surface area contributed by atoms with Crippen LogP contribution in [0.15, 0.2) is 4.79 Å². The number of anilines is 1. The fourth-order valence-corrected chi connectivity index (χ4v) is 2.13. The van der Waals surface area contributed by atoms with Crippen LogP contribution in [0.4, 0.5) is 5.95 Å². The van der Waals surface area contributed by atoms with Crippen LogP contribution in [0.1, 0.15) is 17.7 Å². The highest BCUT2D eigenvalue weighted by Gasteiger charge is 2.16. The minimum atomic E-state index is -0.448. The second-order valence-corrected chi connectivity index (χ2v) is 4.83. The Morgan fingerprint density at radius 1 is 1.47 bits per heavy atom. The van der Waals surface area contributed by atoms with Gasteiger partial charge in [0.05, 0.1) is 13.2 Å². The molecule has 0 atom stereocenters. The second-order valence-electron chi connectivity index (χ2n) is 4.41. The molecule has 0 amide bonds. The van der Waals surface area contributed by atoms with E-state index in [2.05, 4.69) is 9.97 Å². The first kappa shape index (κ1) is 14.0. The maximum absolute atomic E-state index is 12.0. The summed E-state index contributed by atoms with van der Waals surface area (Å²) >= 11 is 5.29. The van der Waals surface area contributed by atoms with E-state index in [9.17, 15) is 9.59 Å². The maximum atomic E-state index is 12.0. The number of H-pyrrole nitrogens is 1. The van der Waals surface area contributed by atoms with Gasteiger partial charge in [0, 0.05) is 30.8 Å². The summed E-state index contributed by atoms with van der Waals surface area (Å²) in [5, 5.41) is -0.448. The number of aryl methyl sites for hydroxylation is 1. The van der Waals surface area contributed by atoms with E-state index in [4.69, 9.17) is 16.3 Å². The van der Waals surface area contributed by atoms with Gasteiger partial charge >= 0.3 is 0 Å². The highest BCUT2D eigenvalue weighted by atomic mass is 35.5. The van der Waals surface area contributed by atoms with Gasteiger partial charge < -0.3 is 9.64 Å². The van der Waals surface area contributed by atoms with Crippen LogP contribution in [0.25, 0.3) is 0 Å². The predicted octanol–water partition coefficient (Wildman–Crippen LogP) is 0.613. The Morgan fingerprint density at radius 2 is 2.16 bits per heavy atom. The van der Waals surface area contributed by atoms with Crippen LogP contribution in [0.5, 0.6) is 0 Å². The number of aromatic nitrogens is 2. The largest absolute Gasteiger partial charge is 0.378 e. The third-order valence-electron chi connectivity index (χ3n) is 3.09. The summed E-state index contributed by atoms with van der Waals surface area (Å²) in [6.07, 6.45) is 0.462. The van der Waals surface area contributed by atoms with Gasteiger partial charge in [-0.1, -0.05) is 0 Å². The molecule has 0 spiro atoms. The van der Waals surface area contributed by atoms with Crippen molar-refractivity contribution in [2.75, 3.05) is 31.2 Å². The van der Waals surface area contributed by atoms with Crippen LogP contribution < -0.4 is 10.5 Å². The molecule has 6 nitrogen and oxygen atoms in total. The highest BCUT2D eigenvalue weighted by molar-refractivity contribution is 6.63. The fraction of sp³-hybridized carbons (Fsp3) is 0.583. The molecule has 1 saturated heterocycles. The van der Waals surface area contributed by atoms with E-state index < -0.39 is 5.24 Å². The molecule has 1 aromatic heterocycles. The first-order chi connectivity index (χ1) is 9.08. The van der Waals surface area contributed by atoms with Crippen LogP contribution in [-0.2, 0) is 16.0 Å². The summed E-state index contributed by atoms with van der Waals surface area (Å²) in [5.41, 5.74) is 0.959. The number of hydrogen-bond donors (Lipinski definition) is 1. The van der Waals surface area contributed by atoms with Gasteiger partial charge in [-0.2, -0.15) is 0 Å². The third kappa shape index (κ3) is 3.54. The van der Waals surface area contributed by atoms with E-state index in [0.717, 1.165) is 0 Å². The molecule has 1 fully saturated rings. The lowest BCUT2D eigenvalue weighted by atomic mass is 10.1. The molecule has 1 aliphatic heterocycles. The SMILES string of the molecule is Cc1nc(N2CCOCC2)[nH]c(=O)c1CCC(=O)Cl. The summed E-state index contributed by atoms with van der Waals surface area (Å²) in [7, 11) is 0. The summed E-state index contributed by atoms with van der Waals surface area (Å²) in [4.78, 5) is 31.9. The lowest BCUT2D eigenvalue weighted by Gasteiger charge is -2.27. The molecule has 0 aromatic carbocycles. The lowest BCUT2D eigenvalue weighted by Crippen LogP contribution is -2.38. The van der Waals surface area contributed by atoms with Crippen LogP contribution in [0.2, 0.25) is 0 Å². The first-order valence-corrected chi connectivity index (χ1v) is 6.56. The number of halogens is 1. The molecular weight excluding hydrogens is 270 g/mol. The Morgan fingerprint density at radius 3 is 2.74 bits per heavy atom. The molecular formula is C12H16ClN3O3. The van der Waals surface area contributed by atoms with Gasteiger partial charge in [-0.15, -0.1) is 0 Å². The number of carbonyl (C=O) groups is 1. The van der Waals surface area contributed by atoms with Gasteiger partial charge in [0.2, 0.25) is 11.2 Å². The number of nitrogens with one attached hydrogen (secondary N) is 1. The van der Waals surface area contributed by atoms with Crippen LogP contribution in [0, 0.1) is 6.92 Å². The molecule has 1 N–H and O–H groups in total. The number of rotatable bonds is 4. The molecule has 2 heterocycles. The molecule has 7 heteroatoms. The standard InChI is InChI=1S/C12H16ClN3O3/c1-8-9(2-3-10(13)17)11(18)15-12(14-8)16-4-6-19-7-5-16/h2-7H2,1H3,(H,14,15,18). The summed E-state index contributed by atoms with van der Waals surface area (Å²) < 4.78 is 5.26. The maximum Gasteiger partial charge on any atom is 0.255 e. The molecule has 0 unspecified atom stereocenters. The Balaban J connectivity index is 2.20. The van der Waals surface area contributed by atoms with E-state index in [0.29, 0.717) is 49.9 Å².